The molecule has 3 rings (SSSR count). The van der Waals surface area contributed by atoms with Crippen LogP contribution in [0.15, 0.2) is 23.7 Å². The van der Waals surface area contributed by atoms with Gasteiger partial charge in [-0.2, -0.15) is 0 Å². The van der Waals surface area contributed by atoms with Crippen LogP contribution in [-0.4, -0.2) is 40.7 Å². The van der Waals surface area contributed by atoms with Crippen LogP contribution >= 0.6 is 11.6 Å². The first-order chi connectivity index (χ1) is 11.0. The van der Waals surface area contributed by atoms with Gasteiger partial charge in [-0.1, -0.05) is 17.7 Å². The van der Waals surface area contributed by atoms with Gasteiger partial charge >= 0.3 is 0 Å². The summed E-state index contributed by atoms with van der Waals surface area (Å²) in [5.74, 6) is 1.27. The maximum absolute atomic E-state index is 11.5. The molecule has 124 valence electrons. The number of nitrogens with zero attached hydrogens (tertiary/aromatic N) is 4. The molecule has 0 aromatic carbocycles. The van der Waals surface area contributed by atoms with Crippen LogP contribution in [0.5, 0.6) is 0 Å². The zero-order valence-corrected chi connectivity index (χ0v) is 13.9. The molecule has 0 radical (unpaired) electrons. The minimum absolute atomic E-state index is 0.122. The Morgan fingerprint density at radius 1 is 1.48 bits per heavy atom. The number of aryl methyl sites for hydroxylation is 1. The van der Waals surface area contributed by atoms with Crippen LogP contribution in [0.3, 0.4) is 0 Å². The second kappa shape index (κ2) is 6.33. The lowest BCUT2D eigenvalue weighted by Gasteiger charge is -2.34. The van der Waals surface area contributed by atoms with Crippen molar-refractivity contribution in [2.75, 3.05) is 24.6 Å². The molecule has 1 atom stereocenters. The van der Waals surface area contributed by atoms with E-state index in [0.29, 0.717) is 49.3 Å². The Morgan fingerprint density at radius 3 is 2.96 bits per heavy atom. The summed E-state index contributed by atoms with van der Waals surface area (Å²) in [6, 6.07) is 3.60. The van der Waals surface area contributed by atoms with E-state index in [9.17, 15) is 10.1 Å². The highest BCUT2D eigenvalue weighted by Crippen LogP contribution is 2.37. The highest BCUT2D eigenvalue weighted by molar-refractivity contribution is 6.29. The molecule has 1 unspecified atom stereocenters. The minimum atomic E-state index is -0.289. The maximum Gasteiger partial charge on any atom is 0.286 e. The van der Waals surface area contributed by atoms with Crippen molar-refractivity contribution >= 4 is 17.4 Å². The number of hydrogen-bond donors (Lipinski definition) is 0. The molecular formula is C15H19ClN4O3. The van der Waals surface area contributed by atoms with Gasteiger partial charge in [0.05, 0.1) is 4.92 Å². The first kappa shape index (κ1) is 16.0. The van der Waals surface area contributed by atoms with E-state index in [1.54, 1.807) is 6.07 Å². The van der Waals surface area contributed by atoms with Crippen LogP contribution in [0.2, 0.25) is 5.15 Å². The second-order valence-corrected chi connectivity index (χ2v) is 5.98. The van der Waals surface area contributed by atoms with E-state index in [1.807, 2.05) is 29.7 Å². The summed E-state index contributed by atoms with van der Waals surface area (Å²) in [7, 11) is 0. The molecule has 0 spiro atoms. The molecule has 0 saturated carbocycles. The van der Waals surface area contributed by atoms with Gasteiger partial charge in [0, 0.05) is 32.5 Å². The van der Waals surface area contributed by atoms with E-state index < -0.39 is 0 Å². The summed E-state index contributed by atoms with van der Waals surface area (Å²) in [6.07, 6.45) is 0.895. The lowest BCUT2D eigenvalue weighted by molar-refractivity contribution is -0.432. The summed E-state index contributed by atoms with van der Waals surface area (Å²) < 4.78 is 5.76. The van der Waals surface area contributed by atoms with E-state index >= 15 is 0 Å². The number of halogens is 1. The van der Waals surface area contributed by atoms with E-state index in [2.05, 4.69) is 4.98 Å². The predicted molar refractivity (Wildman–Crippen MR) is 86.7 cm³/mol. The van der Waals surface area contributed by atoms with Crippen molar-refractivity contribution in [3.8, 4) is 0 Å². The smallest absolute Gasteiger partial charge is 0.286 e. The van der Waals surface area contributed by atoms with E-state index in [0.717, 1.165) is 5.56 Å². The fourth-order valence-electron chi connectivity index (χ4n) is 3.22. The molecule has 0 amide bonds. The molecule has 2 aliphatic heterocycles. The van der Waals surface area contributed by atoms with Gasteiger partial charge in [0.1, 0.15) is 17.2 Å². The number of aromatic nitrogens is 1. The zero-order chi connectivity index (χ0) is 16.6. The maximum atomic E-state index is 11.5. The number of pyridine rings is 1. The first-order valence-corrected chi connectivity index (χ1v) is 8.07. The lowest BCUT2D eigenvalue weighted by atomic mass is 10.1. The Hall–Kier alpha value is -1.86. The molecule has 3 heterocycles. The minimum Gasteiger partial charge on any atom is -0.359 e. The standard InChI is InChI=1S/C15H19ClN4O3/c1-3-23-13-7-5-11(20(21)22)15-18(13)8-9-19(15)14-10(2)4-6-12(16)17-14/h4,6,13H,3,5,7-9H2,1-2H3. The first-order valence-electron chi connectivity index (χ1n) is 7.69. The average molecular weight is 339 g/mol. The Labute approximate surface area is 139 Å². The van der Waals surface area contributed by atoms with Gasteiger partial charge in [-0.3, -0.25) is 10.1 Å². The summed E-state index contributed by atoms with van der Waals surface area (Å²) in [4.78, 5) is 19.5. The van der Waals surface area contributed by atoms with Crippen LogP contribution in [0.1, 0.15) is 25.3 Å². The van der Waals surface area contributed by atoms with E-state index in [1.165, 1.54) is 0 Å². The summed E-state index contributed by atoms with van der Waals surface area (Å²) >= 11 is 6.02. The SMILES string of the molecule is CCOC1CCC([N+](=O)[O-])=C2N(c3nc(Cl)ccc3C)CCN21. The van der Waals surface area contributed by atoms with Gasteiger partial charge in [0.15, 0.2) is 5.82 Å². The molecule has 1 aromatic heterocycles. The highest BCUT2D eigenvalue weighted by Gasteiger charge is 2.42. The van der Waals surface area contributed by atoms with Gasteiger partial charge in [-0.25, -0.2) is 4.98 Å². The monoisotopic (exact) mass is 338 g/mol. The average Bonchev–Trinajstić information content (AvgIpc) is 2.95. The number of anilines is 1. The van der Waals surface area contributed by atoms with Crippen LogP contribution < -0.4 is 4.90 Å². The second-order valence-electron chi connectivity index (χ2n) is 5.60. The normalized spacial score (nSPS) is 20.9. The fraction of sp³-hybridized carbons (Fsp3) is 0.533. The Morgan fingerprint density at radius 2 is 2.26 bits per heavy atom. The lowest BCUT2D eigenvalue weighted by Crippen LogP contribution is -2.40. The van der Waals surface area contributed by atoms with Crippen molar-refractivity contribution in [3.05, 3.63) is 44.5 Å². The van der Waals surface area contributed by atoms with Gasteiger partial charge in [-0.05, 0) is 25.5 Å². The Bertz CT molecular complexity index is 664. The molecule has 2 aliphatic rings. The van der Waals surface area contributed by atoms with Crippen molar-refractivity contribution < 1.29 is 9.66 Å². The molecular weight excluding hydrogens is 320 g/mol. The molecule has 1 aromatic rings. The molecule has 0 bridgehead atoms. The highest BCUT2D eigenvalue weighted by atomic mass is 35.5. The number of nitro groups is 1. The third-order valence-corrected chi connectivity index (χ3v) is 4.41. The molecule has 1 fully saturated rings. The molecule has 0 N–H and O–H groups in total. The molecule has 8 heteroatoms. The third-order valence-electron chi connectivity index (χ3n) is 4.20. The van der Waals surface area contributed by atoms with Crippen LogP contribution in [0.25, 0.3) is 0 Å². The molecule has 23 heavy (non-hydrogen) atoms. The molecule has 7 nitrogen and oxygen atoms in total. The van der Waals surface area contributed by atoms with Crippen molar-refractivity contribution in [2.45, 2.75) is 32.9 Å². The molecule has 1 saturated heterocycles. The van der Waals surface area contributed by atoms with Crippen molar-refractivity contribution in [2.24, 2.45) is 0 Å². The fourth-order valence-corrected chi connectivity index (χ4v) is 3.36. The van der Waals surface area contributed by atoms with Crippen molar-refractivity contribution in [1.82, 2.24) is 9.88 Å². The Balaban J connectivity index is 2.06. The van der Waals surface area contributed by atoms with E-state index in [4.69, 9.17) is 16.3 Å². The third kappa shape index (κ3) is 2.86. The zero-order valence-electron chi connectivity index (χ0n) is 13.2. The van der Waals surface area contributed by atoms with Gasteiger partial charge in [0.2, 0.25) is 0 Å². The Kier molecular flexibility index (Phi) is 4.41. The molecule has 0 aliphatic carbocycles. The predicted octanol–water partition coefficient (Wildman–Crippen LogP) is 2.77. The van der Waals surface area contributed by atoms with Crippen LogP contribution in [0, 0.1) is 17.0 Å². The van der Waals surface area contributed by atoms with Crippen LogP contribution in [0.4, 0.5) is 5.82 Å². The topological polar surface area (TPSA) is 71.7 Å². The summed E-state index contributed by atoms with van der Waals surface area (Å²) in [5, 5.41) is 11.9. The largest absolute Gasteiger partial charge is 0.359 e. The van der Waals surface area contributed by atoms with E-state index in [-0.39, 0.29) is 16.8 Å². The quantitative estimate of drug-likeness (QED) is 0.477. The number of rotatable bonds is 4. The number of ether oxygens (including phenoxy) is 1. The number of hydrogen-bond acceptors (Lipinski definition) is 6. The van der Waals surface area contributed by atoms with Crippen molar-refractivity contribution in [3.63, 3.8) is 0 Å². The van der Waals surface area contributed by atoms with Crippen LogP contribution in [-0.2, 0) is 4.74 Å². The van der Waals surface area contributed by atoms with Crippen molar-refractivity contribution in [1.29, 1.82) is 0 Å². The summed E-state index contributed by atoms with van der Waals surface area (Å²) in [6.45, 7) is 5.74. The van der Waals surface area contributed by atoms with Gasteiger partial charge in [-0.15, -0.1) is 0 Å². The number of fused-ring (bicyclic) bond motifs is 1. The summed E-state index contributed by atoms with van der Waals surface area (Å²) in [5.41, 5.74) is 1.16. The number of allylic oxidation sites excluding steroid dienone is 1. The van der Waals surface area contributed by atoms with Gasteiger partial charge < -0.3 is 14.5 Å². The van der Waals surface area contributed by atoms with Gasteiger partial charge in [0.25, 0.3) is 5.70 Å².